The van der Waals surface area contributed by atoms with Crippen LogP contribution in [0.15, 0.2) is 0 Å². The summed E-state index contributed by atoms with van der Waals surface area (Å²) in [7, 11) is 0. The molecule has 0 saturated heterocycles. The van der Waals surface area contributed by atoms with E-state index in [1.165, 1.54) is 17.3 Å². The van der Waals surface area contributed by atoms with E-state index >= 15 is 0 Å². The van der Waals surface area contributed by atoms with E-state index in [9.17, 15) is 0 Å². The lowest BCUT2D eigenvalue weighted by Crippen LogP contribution is -1.92. The molecule has 0 aliphatic rings. The molecule has 0 heterocycles. The van der Waals surface area contributed by atoms with Crippen LogP contribution >= 0.6 is 55.4 Å². The average Bonchev–Trinajstić information content (AvgIpc) is 1.87. The van der Waals surface area contributed by atoms with Gasteiger partial charge < -0.3 is 0 Å². The Morgan fingerprint density at radius 1 is 1.20 bits per heavy atom. The van der Waals surface area contributed by atoms with E-state index in [4.69, 9.17) is 0 Å². The average molecular weight is 308 g/mol. The van der Waals surface area contributed by atoms with Gasteiger partial charge in [-0.25, -0.2) is 0 Å². The van der Waals surface area contributed by atoms with Crippen LogP contribution in [0.3, 0.4) is 0 Å². The molecule has 0 nitrogen and oxygen atoms in total. The van der Waals surface area contributed by atoms with Gasteiger partial charge in [0.2, 0.25) is 0 Å². The third-order valence-corrected chi connectivity index (χ3v) is 4.55. The van der Waals surface area contributed by atoms with Gasteiger partial charge in [-0.3, -0.25) is 0 Å². The Kier molecular flexibility index (Phi) is 10.2. The monoisotopic (exact) mass is 306 g/mol. The van der Waals surface area contributed by atoms with Crippen LogP contribution < -0.4 is 0 Å². The second-order valence-electron chi connectivity index (χ2n) is 1.66. The first-order valence-electron chi connectivity index (χ1n) is 3.21. The molecule has 0 aliphatic carbocycles. The summed E-state index contributed by atoms with van der Waals surface area (Å²) < 4.78 is 0.483. The number of halogens is 2. The van der Waals surface area contributed by atoms with E-state index in [1.54, 1.807) is 0 Å². The number of thioether (sulfide) groups is 2. The number of hydrogen-bond donors (Lipinski definition) is 0. The van der Waals surface area contributed by atoms with Crippen molar-refractivity contribution in [3.8, 4) is 0 Å². The molecule has 0 saturated carbocycles. The van der Waals surface area contributed by atoms with Crippen LogP contribution in [0.4, 0.5) is 0 Å². The van der Waals surface area contributed by atoms with Gasteiger partial charge in [0.1, 0.15) is 0 Å². The molecule has 0 bridgehead atoms. The molecule has 0 radical (unpaired) electrons. The van der Waals surface area contributed by atoms with Crippen molar-refractivity contribution < 1.29 is 0 Å². The highest BCUT2D eigenvalue weighted by Crippen LogP contribution is 2.16. The topological polar surface area (TPSA) is 0 Å². The molecule has 0 rings (SSSR count). The van der Waals surface area contributed by atoms with E-state index in [0.717, 1.165) is 5.75 Å². The summed E-state index contributed by atoms with van der Waals surface area (Å²) in [6.45, 7) is 2.20. The van der Waals surface area contributed by atoms with Crippen molar-refractivity contribution in [2.45, 2.75) is 10.7 Å². The molecule has 62 valence electrons. The summed E-state index contributed by atoms with van der Waals surface area (Å²) in [5.74, 6) is 4.96. The molecule has 0 atom stereocenters. The van der Waals surface area contributed by atoms with Gasteiger partial charge in [0.05, 0.1) is 3.74 Å². The van der Waals surface area contributed by atoms with Crippen LogP contribution in [-0.4, -0.2) is 26.7 Å². The summed E-state index contributed by atoms with van der Waals surface area (Å²) in [6, 6.07) is 0. The normalized spacial score (nSPS) is 10.8. The van der Waals surface area contributed by atoms with Gasteiger partial charge in [-0.05, 0) is 5.75 Å². The van der Waals surface area contributed by atoms with Crippen molar-refractivity contribution in [3.63, 3.8) is 0 Å². The van der Waals surface area contributed by atoms with Crippen LogP contribution in [0, 0.1) is 0 Å². The molecule has 0 aliphatic heterocycles. The van der Waals surface area contributed by atoms with E-state index in [2.05, 4.69) is 38.8 Å². The lowest BCUT2D eigenvalue weighted by atomic mass is 10.9. The molecule has 0 aromatic heterocycles. The SMILES string of the molecule is CCSCCSCC(Br)Br. The van der Waals surface area contributed by atoms with Crippen molar-refractivity contribution in [1.29, 1.82) is 0 Å². The molecule has 0 unspecified atom stereocenters. The third-order valence-electron chi connectivity index (χ3n) is 0.820. The lowest BCUT2D eigenvalue weighted by molar-refractivity contribution is 1.44. The second-order valence-corrected chi connectivity index (χ2v) is 7.65. The predicted octanol–water partition coefficient (Wildman–Crippen LogP) is 3.59. The van der Waals surface area contributed by atoms with E-state index in [1.807, 2.05) is 23.5 Å². The quantitative estimate of drug-likeness (QED) is 0.543. The third kappa shape index (κ3) is 9.66. The Bertz CT molecular complexity index is 68.8. The second kappa shape index (κ2) is 8.75. The predicted molar refractivity (Wildman–Crippen MR) is 62.0 cm³/mol. The van der Waals surface area contributed by atoms with Crippen molar-refractivity contribution in [3.05, 3.63) is 0 Å². The molecule has 0 fully saturated rings. The molecule has 0 aromatic rings. The van der Waals surface area contributed by atoms with Gasteiger partial charge in [0.15, 0.2) is 0 Å². The van der Waals surface area contributed by atoms with Gasteiger partial charge >= 0.3 is 0 Å². The molecular formula is C6H12Br2S2. The highest BCUT2D eigenvalue weighted by atomic mass is 79.9. The first kappa shape index (κ1) is 11.7. The molecular weight excluding hydrogens is 296 g/mol. The largest absolute Gasteiger partial charge is 0.161 e. The van der Waals surface area contributed by atoms with Gasteiger partial charge in [-0.2, -0.15) is 23.5 Å². The van der Waals surface area contributed by atoms with Gasteiger partial charge in [-0.1, -0.05) is 38.8 Å². The maximum atomic E-state index is 3.43. The van der Waals surface area contributed by atoms with Crippen LogP contribution in [0.1, 0.15) is 6.92 Å². The zero-order valence-corrected chi connectivity index (χ0v) is 10.8. The number of rotatable bonds is 6. The number of hydrogen-bond acceptors (Lipinski definition) is 2. The highest BCUT2D eigenvalue weighted by Gasteiger charge is 1.96. The van der Waals surface area contributed by atoms with Crippen molar-refractivity contribution >= 4 is 55.4 Å². The van der Waals surface area contributed by atoms with Crippen LogP contribution in [0.5, 0.6) is 0 Å². The fraction of sp³-hybridized carbons (Fsp3) is 1.00. The fourth-order valence-corrected chi connectivity index (χ4v) is 3.13. The lowest BCUT2D eigenvalue weighted by Gasteiger charge is -2.00. The molecule has 10 heavy (non-hydrogen) atoms. The van der Waals surface area contributed by atoms with Crippen LogP contribution in [0.25, 0.3) is 0 Å². The van der Waals surface area contributed by atoms with Crippen molar-refractivity contribution in [1.82, 2.24) is 0 Å². The Morgan fingerprint density at radius 3 is 2.30 bits per heavy atom. The van der Waals surface area contributed by atoms with Gasteiger partial charge in [0.25, 0.3) is 0 Å². The van der Waals surface area contributed by atoms with Crippen LogP contribution in [0.2, 0.25) is 0 Å². The summed E-state index contributed by atoms with van der Waals surface area (Å²) in [6.07, 6.45) is 0. The van der Waals surface area contributed by atoms with Gasteiger partial charge in [-0.15, -0.1) is 0 Å². The van der Waals surface area contributed by atoms with E-state index < -0.39 is 0 Å². The summed E-state index contributed by atoms with van der Waals surface area (Å²) in [5, 5.41) is 0. The smallest absolute Gasteiger partial charge is 0.0788 e. The summed E-state index contributed by atoms with van der Waals surface area (Å²) in [5.41, 5.74) is 0. The first-order valence-corrected chi connectivity index (χ1v) is 7.35. The Morgan fingerprint density at radius 2 is 1.80 bits per heavy atom. The zero-order valence-electron chi connectivity index (χ0n) is 5.98. The van der Waals surface area contributed by atoms with Gasteiger partial charge in [0, 0.05) is 17.3 Å². The molecule has 0 aromatic carbocycles. The standard InChI is InChI=1S/C6H12Br2S2/c1-2-9-3-4-10-5-6(7)8/h6H,2-5H2,1H3. The van der Waals surface area contributed by atoms with Crippen molar-refractivity contribution in [2.75, 3.05) is 23.0 Å². The summed E-state index contributed by atoms with van der Waals surface area (Å²) >= 11 is 10.9. The fourth-order valence-electron chi connectivity index (χ4n) is 0.435. The minimum Gasteiger partial charge on any atom is -0.161 e. The van der Waals surface area contributed by atoms with Crippen LogP contribution in [-0.2, 0) is 0 Å². The molecule has 0 N–H and O–H groups in total. The Hall–Kier alpha value is 1.66. The van der Waals surface area contributed by atoms with E-state index in [-0.39, 0.29) is 0 Å². The molecule has 4 heteroatoms. The Balaban J connectivity index is 2.77. The minimum atomic E-state index is 0.483. The molecule has 0 spiro atoms. The number of alkyl halides is 2. The Labute approximate surface area is 88.5 Å². The summed E-state index contributed by atoms with van der Waals surface area (Å²) in [4.78, 5) is 0. The molecule has 0 amide bonds. The van der Waals surface area contributed by atoms with E-state index in [0.29, 0.717) is 3.74 Å². The maximum Gasteiger partial charge on any atom is 0.0788 e. The first-order chi connectivity index (χ1) is 4.77. The van der Waals surface area contributed by atoms with Crippen molar-refractivity contribution in [2.24, 2.45) is 0 Å². The minimum absolute atomic E-state index is 0.483. The highest BCUT2D eigenvalue weighted by molar-refractivity contribution is 9.24. The maximum absolute atomic E-state index is 3.43. The zero-order chi connectivity index (χ0) is 7.82.